The van der Waals surface area contributed by atoms with Gasteiger partial charge in [-0.05, 0) is 18.2 Å². The van der Waals surface area contributed by atoms with Gasteiger partial charge in [-0.15, -0.1) is 0 Å². The lowest BCUT2D eigenvalue weighted by Gasteiger charge is -2.21. The number of aromatic nitrogens is 1. The zero-order valence-corrected chi connectivity index (χ0v) is 13.5. The maximum absolute atomic E-state index is 11.2. The molecule has 0 radical (unpaired) electrons. The molecule has 25 heavy (non-hydrogen) atoms. The molecule has 2 aromatic carbocycles. The molecule has 7 heteroatoms. The standard InChI is InChI=1S/C18H17N3O4/c1-25-18-5-3-2-4-13(18)16(11-22)20-15-6-7-17(21(23)24)14-10-19-9-8-12(14)15/h2-10,16,20,22H,11H2,1H3/t16-/m0/s1. The number of methoxy groups -OCH3 is 1. The third-order valence-electron chi connectivity index (χ3n) is 4.02. The molecule has 0 aliphatic heterocycles. The third kappa shape index (κ3) is 3.22. The van der Waals surface area contributed by atoms with E-state index in [0.717, 1.165) is 5.56 Å². The molecule has 0 bridgehead atoms. The van der Waals surface area contributed by atoms with Gasteiger partial charge in [0.25, 0.3) is 5.69 Å². The first kappa shape index (κ1) is 16.7. The van der Waals surface area contributed by atoms with Gasteiger partial charge in [0.05, 0.1) is 30.1 Å². The summed E-state index contributed by atoms with van der Waals surface area (Å²) >= 11 is 0. The minimum Gasteiger partial charge on any atom is -0.496 e. The first-order valence-electron chi connectivity index (χ1n) is 7.67. The van der Waals surface area contributed by atoms with Crippen LogP contribution in [0.1, 0.15) is 11.6 Å². The van der Waals surface area contributed by atoms with Crippen molar-refractivity contribution in [2.75, 3.05) is 19.0 Å². The van der Waals surface area contributed by atoms with Crippen LogP contribution < -0.4 is 10.1 Å². The van der Waals surface area contributed by atoms with Crippen LogP contribution in [0.25, 0.3) is 10.8 Å². The fourth-order valence-electron chi connectivity index (χ4n) is 2.82. The molecule has 0 spiro atoms. The number of fused-ring (bicyclic) bond motifs is 1. The summed E-state index contributed by atoms with van der Waals surface area (Å²) in [6.07, 6.45) is 3.05. The largest absolute Gasteiger partial charge is 0.496 e. The predicted octanol–water partition coefficient (Wildman–Crippen LogP) is 3.30. The minimum absolute atomic E-state index is 0.00788. The highest BCUT2D eigenvalue weighted by Crippen LogP contribution is 2.34. The Morgan fingerprint density at radius 2 is 2.04 bits per heavy atom. The van der Waals surface area contributed by atoms with Gasteiger partial charge in [0, 0.05) is 35.1 Å². The molecule has 1 atom stereocenters. The summed E-state index contributed by atoms with van der Waals surface area (Å²) in [5.74, 6) is 0.655. The Balaban J connectivity index is 2.05. The highest BCUT2D eigenvalue weighted by Gasteiger charge is 2.19. The van der Waals surface area contributed by atoms with Gasteiger partial charge in [-0.1, -0.05) is 18.2 Å². The number of hydrogen-bond acceptors (Lipinski definition) is 6. The van der Waals surface area contributed by atoms with Crippen LogP contribution in [0, 0.1) is 10.1 Å². The number of nitrogens with zero attached hydrogens (tertiary/aromatic N) is 2. The molecule has 0 fully saturated rings. The molecule has 7 nitrogen and oxygen atoms in total. The number of nitro benzene ring substituents is 1. The molecule has 0 aliphatic rings. The second-order valence-electron chi connectivity index (χ2n) is 5.43. The number of pyridine rings is 1. The van der Waals surface area contributed by atoms with Crippen LogP contribution in [-0.2, 0) is 0 Å². The molecule has 0 amide bonds. The van der Waals surface area contributed by atoms with E-state index in [4.69, 9.17) is 4.74 Å². The number of benzene rings is 2. The Labute approximate surface area is 144 Å². The van der Waals surface area contributed by atoms with E-state index in [1.165, 1.54) is 12.3 Å². The molecule has 0 unspecified atom stereocenters. The summed E-state index contributed by atoms with van der Waals surface area (Å²) in [4.78, 5) is 14.8. The quantitative estimate of drug-likeness (QED) is 0.528. The lowest BCUT2D eigenvalue weighted by Crippen LogP contribution is -2.16. The van der Waals surface area contributed by atoms with Gasteiger partial charge in [-0.3, -0.25) is 15.1 Å². The van der Waals surface area contributed by atoms with Crippen LogP contribution >= 0.6 is 0 Å². The Bertz CT molecular complexity index is 914. The summed E-state index contributed by atoms with van der Waals surface area (Å²) in [5.41, 5.74) is 1.47. The van der Waals surface area contributed by atoms with Crippen LogP contribution in [0.15, 0.2) is 54.9 Å². The second kappa shape index (κ2) is 7.14. The van der Waals surface area contributed by atoms with Crippen molar-refractivity contribution in [3.8, 4) is 5.75 Å². The van der Waals surface area contributed by atoms with Gasteiger partial charge in [0.1, 0.15) is 5.75 Å². The lowest BCUT2D eigenvalue weighted by atomic mass is 10.0. The molecule has 1 aromatic heterocycles. The van der Waals surface area contributed by atoms with Gasteiger partial charge in [-0.2, -0.15) is 0 Å². The van der Waals surface area contributed by atoms with Crippen molar-refractivity contribution in [1.82, 2.24) is 4.98 Å². The van der Waals surface area contributed by atoms with E-state index >= 15 is 0 Å². The van der Waals surface area contributed by atoms with E-state index in [-0.39, 0.29) is 12.3 Å². The molecular formula is C18H17N3O4. The lowest BCUT2D eigenvalue weighted by molar-refractivity contribution is -0.383. The van der Waals surface area contributed by atoms with Crippen LogP contribution in [0.2, 0.25) is 0 Å². The van der Waals surface area contributed by atoms with Crippen LogP contribution in [0.4, 0.5) is 11.4 Å². The zero-order chi connectivity index (χ0) is 17.8. The number of hydrogen-bond donors (Lipinski definition) is 2. The third-order valence-corrected chi connectivity index (χ3v) is 4.02. The predicted molar refractivity (Wildman–Crippen MR) is 94.8 cm³/mol. The Morgan fingerprint density at radius 1 is 1.24 bits per heavy atom. The Morgan fingerprint density at radius 3 is 2.76 bits per heavy atom. The SMILES string of the molecule is COc1ccccc1[C@H](CO)Nc1ccc([N+](=O)[O-])c2cnccc12. The molecule has 3 aromatic rings. The number of nitro groups is 1. The van der Waals surface area contributed by atoms with Gasteiger partial charge in [-0.25, -0.2) is 0 Å². The molecule has 2 N–H and O–H groups in total. The van der Waals surface area contributed by atoms with Crippen LogP contribution in [-0.4, -0.2) is 28.7 Å². The number of anilines is 1. The van der Waals surface area contributed by atoms with Crippen molar-refractivity contribution in [2.45, 2.75) is 6.04 Å². The molecular weight excluding hydrogens is 322 g/mol. The van der Waals surface area contributed by atoms with Crippen molar-refractivity contribution < 1.29 is 14.8 Å². The molecule has 0 aliphatic carbocycles. The highest BCUT2D eigenvalue weighted by molar-refractivity contribution is 5.99. The van der Waals surface area contributed by atoms with E-state index in [9.17, 15) is 15.2 Å². The van der Waals surface area contributed by atoms with E-state index in [1.807, 2.05) is 24.3 Å². The first-order valence-corrected chi connectivity index (χ1v) is 7.67. The number of non-ortho nitro benzene ring substituents is 1. The number of ether oxygens (including phenoxy) is 1. The average molecular weight is 339 g/mol. The van der Waals surface area contributed by atoms with Gasteiger partial charge < -0.3 is 15.2 Å². The average Bonchev–Trinajstić information content (AvgIpc) is 2.65. The van der Waals surface area contributed by atoms with Crippen LogP contribution in [0.3, 0.4) is 0 Å². The van der Waals surface area contributed by atoms with Crippen molar-refractivity contribution in [3.05, 3.63) is 70.5 Å². The maximum Gasteiger partial charge on any atom is 0.278 e. The number of aliphatic hydroxyl groups is 1. The number of para-hydroxylation sites is 1. The zero-order valence-electron chi connectivity index (χ0n) is 13.5. The van der Waals surface area contributed by atoms with Gasteiger partial charge in [0.2, 0.25) is 0 Å². The van der Waals surface area contributed by atoms with Crippen molar-refractivity contribution in [1.29, 1.82) is 0 Å². The highest BCUT2D eigenvalue weighted by atomic mass is 16.6. The second-order valence-corrected chi connectivity index (χ2v) is 5.43. The number of nitrogens with one attached hydrogen (secondary N) is 1. The van der Waals surface area contributed by atoms with E-state index < -0.39 is 11.0 Å². The van der Waals surface area contributed by atoms with E-state index in [2.05, 4.69) is 10.3 Å². The fourth-order valence-corrected chi connectivity index (χ4v) is 2.82. The minimum atomic E-state index is -0.433. The van der Waals surface area contributed by atoms with Gasteiger partial charge in [0.15, 0.2) is 0 Å². The maximum atomic E-state index is 11.2. The molecule has 3 rings (SSSR count). The molecule has 0 saturated carbocycles. The summed E-state index contributed by atoms with van der Waals surface area (Å²) in [5, 5.41) is 25.4. The summed E-state index contributed by atoms with van der Waals surface area (Å²) in [6, 6.07) is 11.8. The number of aliphatic hydroxyl groups excluding tert-OH is 1. The van der Waals surface area contributed by atoms with E-state index in [0.29, 0.717) is 22.2 Å². The summed E-state index contributed by atoms with van der Waals surface area (Å²) in [7, 11) is 1.57. The van der Waals surface area contributed by atoms with Crippen molar-refractivity contribution in [3.63, 3.8) is 0 Å². The molecule has 128 valence electrons. The normalized spacial score (nSPS) is 11.9. The number of rotatable bonds is 6. The molecule has 0 saturated heterocycles. The first-order chi connectivity index (χ1) is 12.2. The van der Waals surface area contributed by atoms with Crippen molar-refractivity contribution in [2.24, 2.45) is 0 Å². The molecule has 1 heterocycles. The van der Waals surface area contributed by atoms with Gasteiger partial charge >= 0.3 is 0 Å². The van der Waals surface area contributed by atoms with Crippen molar-refractivity contribution >= 4 is 22.1 Å². The fraction of sp³-hybridized carbons (Fsp3) is 0.167. The Kier molecular flexibility index (Phi) is 4.76. The van der Waals surface area contributed by atoms with Crippen LogP contribution in [0.5, 0.6) is 5.75 Å². The topological polar surface area (TPSA) is 97.5 Å². The monoisotopic (exact) mass is 339 g/mol. The Hall–Kier alpha value is -3.19. The van der Waals surface area contributed by atoms with E-state index in [1.54, 1.807) is 25.4 Å². The summed E-state index contributed by atoms with van der Waals surface area (Å²) < 4.78 is 5.35. The summed E-state index contributed by atoms with van der Waals surface area (Å²) in [6.45, 7) is -0.163. The smallest absolute Gasteiger partial charge is 0.278 e.